The zero-order chi connectivity index (χ0) is 23.2. The smallest absolute Gasteiger partial charge is 0.332 e. The molecule has 0 aliphatic carbocycles. The first-order chi connectivity index (χ1) is 16.6. The number of nitrogens with zero attached hydrogens (tertiary/aromatic N) is 6. The number of benzene rings is 1. The Morgan fingerprint density at radius 3 is 2.76 bits per heavy atom. The first kappa shape index (κ1) is 21.1. The van der Waals surface area contributed by atoms with Crippen LogP contribution in [0, 0.1) is 0 Å². The van der Waals surface area contributed by atoms with Gasteiger partial charge in [-0.05, 0) is 67.9 Å². The second-order valence-corrected chi connectivity index (χ2v) is 9.36. The van der Waals surface area contributed by atoms with E-state index in [1.54, 1.807) is 4.57 Å². The van der Waals surface area contributed by atoms with E-state index < -0.39 is 0 Å². The van der Waals surface area contributed by atoms with Crippen LogP contribution in [-0.2, 0) is 13.1 Å². The second kappa shape index (κ2) is 8.37. The summed E-state index contributed by atoms with van der Waals surface area (Å²) in [6, 6.07) is 7.43. The molecule has 12 heteroatoms. The van der Waals surface area contributed by atoms with Crippen LogP contribution in [0.3, 0.4) is 0 Å². The summed E-state index contributed by atoms with van der Waals surface area (Å²) < 4.78 is 14.5. The predicted octanol–water partition coefficient (Wildman–Crippen LogP) is 1.60. The molecule has 1 saturated heterocycles. The monoisotopic (exact) mass is 481 g/mol. The van der Waals surface area contributed by atoms with E-state index in [-0.39, 0.29) is 30.6 Å². The van der Waals surface area contributed by atoms with Crippen LogP contribution in [-0.4, -0.2) is 49.2 Å². The third-order valence-electron chi connectivity index (χ3n) is 6.26. The van der Waals surface area contributed by atoms with Crippen molar-refractivity contribution in [3.63, 3.8) is 0 Å². The van der Waals surface area contributed by atoms with Crippen LogP contribution in [0.2, 0.25) is 0 Å². The molecule has 3 aromatic heterocycles. The number of nitrogens with one attached hydrogen (secondary N) is 1. The molecule has 34 heavy (non-hydrogen) atoms. The lowest BCUT2D eigenvalue weighted by atomic mass is 10.1. The van der Waals surface area contributed by atoms with Crippen molar-refractivity contribution in [3.05, 3.63) is 50.9 Å². The molecule has 5 heterocycles. The third-order valence-corrected chi connectivity index (χ3v) is 7.42. The first-order valence-corrected chi connectivity index (χ1v) is 12.1. The Hall–Kier alpha value is -3.51. The highest BCUT2D eigenvalue weighted by Gasteiger charge is 2.25. The molecule has 0 bridgehead atoms. The van der Waals surface area contributed by atoms with Gasteiger partial charge in [-0.25, -0.2) is 4.79 Å². The zero-order valence-corrected chi connectivity index (χ0v) is 19.4. The van der Waals surface area contributed by atoms with Crippen LogP contribution >= 0.6 is 11.3 Å². The maximum absolute atomic E-state index is 13.7. The van der Waals surface area contributed by atoms with Crippen molar-refractivity contribution in [2.24, 2.45) is 0 Å². The van der Waals surface area contributed by atoms with Crippen LogP contribution in [0.5, 0.6) is 11.5 Å². The van der Waals surface area contributed by atoms with Crippen molar-refractivity contribution in [1.29, 1.82) is 0 Å². The molecule has 176 valence electrons. The third kappa shape index (κ3) is 3.49. The normalized spacial score (nSPS) is 15.9. The van der Waals surface area contributed by atoms with E-state index in [1.165, 1.54) is 20.7 Å². The summed E-state index contributed by atoms with van der Waals surface area (Å²) in [4.78, 5) is 29.6. The van der Waals surface area contributed by atoms with Gasteiger partial charge in [0.15, 0.2) is 17.3 Å². The number of aryl methyl sites for hydroxylation is 1. The molecule has 0 saturated carbocycles. The van der Waals surface area contributed by atoms with Gasteiger partial charge in [0.1, 0.15) is 4.70 Å². The molecule has 11 nitrogen and oxygen atoms in total. The van der Waals surface area contributed by atoms with Crippen molar-refractivity contribution < 1.29 is 9.47 Å². The highest BCUT2D eigenvalue weighted by Crippen LogP contribution is 2.39. The number of tetrazole rings is 1. The highest BCUT2D eigenvalue weighted by atomic mass is 32.1. The lowest BCUT2D eigenvalue weighted by molar-refractivity contribution is 0.174. The Labute approximate surface area is 197 Å². The molecule has 1 N–H and O–H groups in total. The van der Waals surface area contributed by atoms with Crippen molar-refractivity contribution in [1.82, 2.24) is 34.7 Å². The van der Waals surface area contributed by atoms with Gasteiger partial charge < -0.3 is 14.8 Å². The van der Waals surface area contributed by atoms with Crippen molar-refractivity contribution in [2.75, 3.05) is 19.9 Å². The molecule has 0 unspecified atom stereocenters. The van der Waals surface area contributed by atoms with Gasteiger partial charge >= 0.3 is 5.69 Å². The zero-order valence-electron chi connectivity index (χ0n) is 18.6. The standard InChI is InChI=1S/C22H23N7O4S/c1-2-28-25-19(24-26-28)11-27-15-10-18(13-3-4-16-17(9-13)33-12-32-16)34-20(15)21(30)29(22(27)31)14-5-7-23-8-6-14/h3-4,9-10,14,23H,2,5-8,11-12H2,1H3. The number of thiophene rings is 1. The number of piperidine rings is 1. The average Bonchev–Trinajstić information content (AvgIpc) is 3.61. The highest BCUT2D eigenvalue weighted by molar-refractivity contribution is 7.22. The molecule has 0 amide bonds. The Bertz CT molecular complexity index is 1500. The fourth-order valence-electron chi connectivity index (χ4n) is 4.51. The molecule has 2 aliphatic rings. The Morgan fingerprint density at radius 2 is 1.97 bits per heavy atom. The molecule has 0 atom stereocenters. The minimum Gasteiger partial charge on any atom is -0.454 e. The summed E-state index contributed by atoms with van der Waals surface area (Å²) in [6.45, 7) is 4.37. The predicted molar refractivity (Wildman–Crippen MR) is 126 cm³/mol. The van der Waals surface area contributed by atoms with Crippen molar-refractivity contribution >= 4 is 21.6 Å². The maximum Gasteiger partial charge on any atom is 0.332 e. The summed E-state index contributed by atoms with van der Waals surface area (Å²) in [5.74, 6) is 1.79. The SMILES string of the molecule is CCn1nnc(Cn2c(=O)n(C3CCNCC3)c(=O)c3sc(-c4ccc5c(c4)OCO5)cc32)n1. The molecule has 1 aromatic carbocycles. The van der Waals surface area contributed by atoms with Crippen molar-refractivity contribution in [2.45, 2.75) is 38.9 Å². The fourth-order valence-corrected chi connectivity index (χ4v) is 5.61. The molecule has 4 aromatic rings. The van der Waals surface area contributed by atoms with Gasteiger partial charge in [0.2, 0.25) is 6.79 Å². The second-order valence-electron chi connectivity index (χ2n) is 8.31. The molecular weight excluding hydrogens is 458 g/mol. The Balaban J connectivity index is 1.53. The van der Waals surface area contributed by atoms with E-state index in [4.69, 9.17) is 9.47 Å². The minimum absolute atomic E-state index is 0.137. The summed E-state index contributed by atoms with van der Waals surface area (Å²) in [7, 11) is 0. The number of aromatic nitrogens is 6. The fraction of sp³-hybridized carbons (Fsp3) is 0.409. The van der Waals surface area contributed by atoms with Gasteiger partial charge in [0.05, 0.1) is 18.6 Å². The Kier molecular flexibility index (Phi) is 5.18. The van der Waals surface area contributed by atoms with E-state index in [2.05, 4.69) is 20.7 Å². The van der Waals surface area contributed by atoms with E-state index in [1.807, 2.05) is 31.2 Å². The van der Waals surface area contributed by atoms with E-state index in [0.29, 0.717) is 34.1 Å². The topological polar surface area (TPSA) is 118 Å². The van der Waals surface area contributed by atoms with Gasteiger partial charge in [-0.3, -0.25) is 13.9 Å². The van der Waals surface area contributed by atoms with Gasteiger partial charge in [0, 0.05) is 10.9 Å². The maximum atomic E-state index is 13.7. The molecule has 6 rings (SSSR count). The van der Waals surface area contributed by atoms with Crippen LogP contribution in [0.15, 0.2) is 33.9 Å². The summed E-state index contributed by atoms with van der Waals surface area (Å²) in [5, 5.41) is 15.8. The number of fused-ring (bicyclic) bond motifs is 2. The summed E-state index contributed by atoms with van der Waals surface area (Å²) in [5.41, 5.74) is 0.885. The van der Waals surface area contributed by atoms with Crippen LogP contribution in [0.1, 0.15) is 31.6 Å². The van der Waals surface area contributed by atoms with Crippen LogP contribution in [0.25, 0.3) is 20.7 Å². The van der Waals surface area contributed by atoms with Gasteiger partial charge in [0.25, 0.3) is 5.56 Å². The van der Waals surface area contributed by atoms with E-state index in [9.17, 15) is 9.59 Å². The molecule has 1 fully saturated rings. The molecule has 2 aliphatic heterocycles. The van der Waals surface area contributed by atoms with E-state index in [0.717, 1.165) is 36.4 Å². The van der Waals surface area contributed by atoms with Gasteiger partial charge in [-0.15, -0.1) is 21.5 Å². The van der Waals surface area contributed by atoms with Gasteiger partial charge in [-0.1, -0.05) is 0 Å². The number of hydrogen-bond donors (Lipinski definition) is 1. The largest absolute Gasteiger partial charge is 0.454 e. The average molecular weight is 482 g/mol. The molecule has 0 spiro atoms. The molecule has 0 radical (unpaired) electrons. The summed E-state index contributed by atoms with van der Waals surface area (Å²) >= 11 is 1.38. The summed E-state index contributed by atoms with van der Waals surface area (Å²) in [6.07, 6.45) is 1.45. The molecular formula is C22H23N7O4S. The lowest BCUT2D eigenvalue weighted by Crippen LogP contribution is -2.45. The Morgan fingerprint density at radius 1 is 1.15 bits per heavy atom. The van der Waals surface area contributed by atoms with E-state index >= 15 is 0 Å². The lowest BCUT2D eigenvalue weighted by Gasteiger charge is -2.24. The van der Waals surface area contributed by atoms with Crippen LogP contribution in [0.4, 0.5) is 0 Å². The van der Waals surface area contributed by atoms with Gasteiger partial charge in [-0.2, -0.15) is 4.80 Å². The number of hydrogen-bond acceptors (Lipinski definition) is 9. The quantitative estimate of drug-likeness (QED) is 0.457. The van der Waals surface area contributed by atoms with Crippen LogP contribution < -0.4 is 26.0 Å². The first-order valence-electron chi connectivity index (χ1n) is 11.3. The minimum atomic E-state index is -0.340. The number of ether oxygens (including phenoxy) is 2. The van der Waals surface area contributed by atoms with Crippen molar-refractivity contribution in [3.8, 4) is 21.9 Å². The number of rotatable bonds is 5.